The van der Waals surface area contributed by atoms with Gasteiger partial charge < -0.3 is 36.9 Å². The molecule has 1 heterocycles. The minimum absolute atomic E-state index is 0.0410. The first-order valence-corrected chi connectivity index (χ1v) is 12.8. The lowest BCUT2D eigenvalue weighted by Crippen LogP contribution is -2.58. The van der Waals surface area contributed by atoms with Crippen molar-refractivity contribution in [3.05, 3.63) is 36.0 Å². The van der Waals surface area contributed by atoms with E-state index in [1.54, 1.807) is 20.0 Å². The Hall–Kier alpha value is -3.58. The van der Waals surface area contributed by atoms with Crippen molar-refractivity contribution < 1.29 is 34.2 Å². The number of amides is 3. The van der Waals surface area contributed by atoms with Gasteiger partial charge in [0.1, 0.15) is 18.1 Å². The van der Waals surface area contributed by atoms with Crippen LogP contribution in [0.5, 0.6) is 0 Å². The summed E-state index contributed by atoms with van der Waals surface area (Å²) in [6.45, 7) is 3.57. The van der Waals surface area contributed by atoms with Crippen LogP contribution in [-0.4, -0.2) is 74.8 Å². The molecular weight excluding hydrogens is 514 g/mol. The van der Waals surface area contributed by atoms with E-state index in [0.29, 0.717) is 0 Å². The largest absolute Gasteiger partial charge is 0.481 e. The molecule has 208 valence electrons. The lowest BCUT2D eigenvalue weighted by Gasteiger charge is -2.24. The van der Waals surface area contributed by atoms with E-state index in [2.05, 4.69) is 33.6 Å². The van der Waals surface area contributed by atoms with E-state index in [9.17, 15) is 29.1 Å². The number of hydrogen-bond acceptors (Lipinski definition) is 7. The Morgan fingerprint density at radius 1 is 0.947 bits per heavy atom. The number of aromatic nitrogens is 1. The second kappa shape index (κ2) is 14.4. The van der Waals surface area contributed by atoms with Gasteiger partial charge in [0.2, 0.25) is 17.7 Å². The summed E-state index contributed by atoms with van der Waals surface area (Å²) in [6, 6.07) is 2.82. The molecule has 4 atom stereocenters. The average molecular weight is 550 g/mol. The molecule has 0 spiro atoms. The van der Waals surface area contributed by atoms with Crippen molar-refractivity contribution in [1.82, 2.24) is 20.9 Å². The minimum atomic E-state index is -1.34. The molecule has 2 rings (SSSR count). The zero-order chi connectivity index (χ0) is 28.4. The summed E-state index contributed by atoms with van der Waals surface area (Å²) >= 11 is 4.12. The van der Waals surface area contributed by atoms with E-state index in [1.165, 1.54) is 0 Å². The molecule has 13 heteroatoms. The Morgan fingerprint density at radius 2 is 1.55 bits per heavy atom. The summed E-state index contributed by atoms with van der Waals surface area (Å²) in [7, 11) is 0. The third-order valence-corrected chi connectivity index (χ3v) is 6.23. The number of rotatable bonds is 15. The molecule has 0 saturated carbocycles. The SMILES string of the molecule is CC(C)CC(NC(=O)C(CCC(=O)O)NC(=O)C(CS)NC(=O)C(N)Cc1c[nH]c2ccccc12)C(=O)O. The molecule has 3 amide bonds. The van der Waals surface area contributed by atoms with Gasteiger partial charge in [0, 0.05) is 29.3 Å². The quantitative estimate of drug-likeness (QED) is 0.146. The molecule has 1 aromatic heterocycles. The van der Waals surface area contributed by atoms with Gasteiger partial charge in [-0.05, 0) is 36.8 Å². The first kappa shape index (κ1) is 30.6. The number of para-hydroxylation sites is 1. The molecular formula is C25H35N5O7S. The van der Waals surface area contributed by atoms with E-state index in [0.717, 1.165) is 16.5 Å². The van der Waals surface area contributed by atoms with Crippen LogP contribution in [0.2, 0.25) is 0 Å². The number of carboxylic acids is 2. The van der Waals surface area contributed by atoms with Crippen molar-refractivity contribution in [2.75, 3.05) is 5.75 Å². The number of benzene rings is 1. The number of hydrogen-bond donors (Lipinski definition) is 8. The zero-order valence-corrected chi connectivity index (χ0v) is 22.2. The number of carbonyl (C=O) groups excluding carboxylic acids is 3. The van der Waals surface area contributed by atoms with Gasteiger partial charge >= 0.3 is 11.9 Å². The highest BCUT2D eigenvalue weighted by molar-refractivity contribution is 7.80. The number of H-pyrrole nitrogens is 1. The fourth-order valence-electron chi connectivity index (χ4n) is 3.88. The van der Waals surface area contributed by atoms with Gasteiger partial charge in [-0.2, -0.15) is 12.6 Å². The van der Waals surface area contributed by atoms with Gasteiger partial charge in [-0.25, -0.2) is 4.79 Å². The maximum atomic E-state index is 12.9. The molecule has 0 aliphatic rings. The molecule has 0 bridgehead atoms. The van der Waals surface area contributed by atoms with Crippen LogP contribution < -0.4 is 21.7 Å². The number of thiol groups is 1. The van der Waals surface area contributed by atoms with Crippen molar-refractivity contribution in [3.63, 3.8) is 0 Å². The topological polar surface area (TPSA) is 204 Å². The summed E-state index contributed by atoms with van der Waals surface area (Å²) in [5, 5.41) is 26.7. The Balaban J connectivity index is 2.06. The predicted octanol–water partition coefficient (Wildman–Crippen LogP) is 0.417. The van der Waals surface area contributed by atoms with E-state index in [-0.39, 0.29) is 30.9 Å². The number of nitrogens with one attached hydrogen (secondary N) is 4. The van der Waals surface area contributed by atoms with Crippen molar-refractivity contribution >= 4 is 53.2 Å². The number of carboxylic acid groups (broad SMARTS) is 2. The average Bonchev–Trinajstić information content (AvgIpc) is 3.26. The summed E-state index contributed by atoms with van der Waals surface area (Å²) in [5.74, 6) is -4.85. The van der Waals surface area contributed by atoms with Gasteiger partial charge in [0.05, 0.1) is 6.04 Å². The van der Waals surface area contributed by atoms with Crippen molar-refractivity contribution in [2.45, 2.75) is 63.7 Å². The van der Waals surface area contributed by atoms with Gasteiger partial charge in [-0.15, -0.1) is 0 Å². The van der Waals surface area contributed by atoms with Crippen molar-refractivity contribution in [2.24, 2.45) is 11.7 Å². The molecule has 0 fully saturated rings. The Labute approximate surface area is 225 Å². The number of carbonyl (C=O) groups is 5. The molecule has 0 aliphatic heterocycles. The maximum Gasteiger partial charge on any atom is 0.326 e. The Bertz CT molecular complexity index is 1150. The second-order valence-electron chi connectivity index (χ2n) is 9.44. The molecule has 2 aromatic rings. The van der Waals surface area contributed by atoms with Gasteiger partial charge in [0.15, 0.2) is 0 Å². The lowest BCUT2D eigenvalue weighted by molar-refractivity contribution is -0.143. The standard InChI is InChI=1S/C25H35N5O7S/c1-13(2)9-19(25(36)37)29-23(34)18(7-8-21(31)32)28-24(35)20(12-38)30-22(33)16(26)10-14-11-27-17-6-4-3-5-15(14)17/h3-6,11,13,16,18-20,27,38H,7-10,12,26H2,1-2H3,(H,28,35)(H,29,34)(H,30,33)(H,31,32)(H,36,37). The van der Waals surface area contributed by atoms with E-state index < -0.39 is 60.2 Å². The fourth-order valence-corrected chi connectivity index (χ4v) is 4.13. The van der Waals surface area contributed by atoms with Crippen LogP contribution in [0, 0.1) is 5.92 Å². The summed E-state index contributed by atoms with van der Waals surface area (Å²) in [4.78, 5) is 64.2. The fraction of sp³-hybridized carbons (Fsp3) is 0.480. The molecule has 0 aliphatic carbocycles. The molecule has 38 heavy (non-hydrogen) atoms. The third kappa shape index (κ3) is 9.06. The van der Waals surface area contributed by atoms with Crippen LogP contribution in [0.25, 0.3) is 10.9 Å². The number of nitrogens with two attached hydrogens (primary N) is 1. The number of aromatic amines is 1. The van der Waals surface area contributed by atoms with Crippen molar-refractivity contribution in [1.29, 1.82) is 0 Å². The first-order chi connectivity index (χ1) is 17.9. The van der Waals surface area contributed by atoms with Gasteiger partial charge in [-0.3, -0.25) is 19.2 Å². The van der Waals surface area contributed by atoms with Gasteiger partial charge in [-0.1, -0.05) is 32.0 Å². The minimum Gasteiger partial charge on any atom is -0.481 e. The highest BCUT2D eigenvalue weighted by Crippen LogP contribution is 2.18. The molecule has 0 radical (unpaired) electrons. The van der Waals surface area contributed by atoms with Gasteiger partial charge in [0.25, 0.3) is 0 Å². The normalized spacial score (nSPS) is 14.3. The second-order valence-corrected chi connectivity index (χ2v) is 9.80. The van der Waals surface area contributed by atoms with E-state index >= 15 is 0 Å². The molecule has 0 saturated heterocycles. The Morgan fingerprint density at radius 3 is 2.16 bits per heavy atom. The Kier molecular flexibility index (Phi) is 11.6. The molecule has 12 nitrogen and oxygen atoms in total. The smallest absolute Gasteiger partial charge is 0.326 e. The molecule has 4 unspecified atom stereocenters. The molecule has 8 N–H and O–H groups in total. The van der Waals surface area contributed by atoms with Crippen LogP contribution in [0.4, 0.5) is 0 Å². The van der Waals surface area contributed by atoms with E-state index in [1.807, 2.05) is 24.3 Å². The number of fused-ring (bicyclic) bond motifs is 1. The number of aliphatic carboxylic acids is 2. The summed E-state index contributed by atoms with van der Waals surface area (Å²) < 4.78 is 0. The highest BCUT2D eigenvalue weighted by Gasteiger charge is 2.30. The summed E-state index contributed by atoms with van der Waals surface area (Å²) in [5.41, 5.74) is 7.81. The summed E-state index contributed by atoms with van der Waals surface area (Å²) in [6.07, 6.45) is 1.37. The predicted molar refractivity (Wildman–Crippen MR) is 144 cm³/mol. The monoisotopic (exact) mass is 549 g/mol. The van der Waals surface area contributed by atoms with Crippen LogP contribution >= 0.6 is 12.6 Å². The zero-order valence-electron chi connectivity index (χ0n) is 21.3. The van der Waals surface area contributed by atoms with Crippen molar-refractivity contribution in [3.8, 4) is 0 Å². The van der Waals surface area contributed by atoms with E-state index in [4.69, 9.17) is 10.8 Å². The molecule has 1 aromatic carbocycles. The highest BCUT2D eigenvalue weighted by atomic mass is 32.1. The third-order valence-electron chi connectivity index (χ3n) is 5.87. The van der Waals surface area contributed by atoms with Crippen LogP contribution in [0.3, 0.4) is 0 Å². The maximum absolute atomic E-state index is 12.9. The van der Waals surface area contributed by atoms with Crippen LogP contribution in [0.15, 0.2) is 30.5 Å². The van der Waals surface area contributed by atoms with Crippen LogP contribution in [-0.2, 0) is 30.4 Å². The van der Waals surface area contributed by atoms with Crippen LogP contribution in [0.1, 0.15) is 38.7 Å². The lowest BCUT2D eigenvalue weighted by atomic mass is 10.0. The first-order valence-electron chi connectivity index (χ1n) is 12.2.